The highest BCUT2D eigenvalue weighted by molar-refractivity contribution is 6.69. The number of rotatable bonds is 1. The molecule has 1 aliphatic carbocycles. The summed E-state index contributed by atoms with van der Waals surface area (Å²) in [6.07, 6.45) is 5.44. The molecular formula is C12H17BN2. The van der Waals surface area contributed by atoms with Crippen molar-refractivity contribution in [1.82, 2.24) is 10.5 Å². The Balaban J connectivity index is 1.75. The molecule has 2 fully saturated rings. The zero-order valence-corrected chi connectivity index (χ0v) is 8.95. The van der Waals surface area contributed by atoms with E-state index in [4.69, 9.17) is 0 Å². The summed E-state index contributed by atoms with van der Waals surface area (Å²) in [7, 11) is 0. The summed E-state index contributed by atoms with van der Waals surface area (Å²) in [5.74, 6) is 0. The SMILES string of the molecule is c1ccc(B2N[C@H]3CCCC[C@@H]3N2)cc1. The van der Waals surface area contributed by atoms with E-state index >= 15 is 0 Å². The van der Waals surface area contributed by atoms with Crippen molar-refractivity contribution in [3.63, 3.8) is 0 Å². The van der Waals surface area contributed by atoms with Crippen LogP contribution < -0.4 is 15.9 Å². The molecule has 2 aliphatic rings. The van der Waals surface area contributed by atoms with Crippen LogP contribution in [0.2, 0.25) is 0 Å². The van der Waals surface area contributed by atoms with Gasteiger partial charge >= 0.3 is 6.98 Å². The predicted octanol–water partition coefficient (Wildman–Crippen LogP) is 0.886. The third kappa shape index (κ3) is 1.82. The van der Waals surface area contributed by atoms with Crippen molar-refractivity contribution in [3.05, 3.63) is 30.3 Å². The van der Waals surface area contributed by atoms with Crippen LogP contribution in [0.25, 0.3) is 0 Å². The highest BCUT2D eigenvalue weighted by Gasteiger charge is 2.37. The van der Waals surface area contributed by atoms with E-state index in [2.05, 4.69) is 40.8 Å². The summed E-state index contributed by atoms with van der Waals surface area (Å²) in [5, 5.41) is 7.40. The molecule has 1 aromatic rings. The first-order valence-corrected chi connectivity index (χ1v) is 6.00. The van der Waals surface area contributed by atoms with Crippen LogP contribution in [-0.2, 0) is 0 Å². The topological polar surface area (TPSA) is 24.1 Å². The highest BCUT2D eigenvalue weighted by Crippen LogP contribution is 2.21. The Labute approximate surface area is 91.6 Å². The smallest absolute Gasteiger partial charge is 0.334 e. The Morgan fingerprint density at radius 1 is 0.933 bits per heavy atom. The van der Waals surface area contributed by atoms with Gasteiger partial charge in [-0.05, 0) is 18.3 Å². The zero-order chi connectivity index (χ0) is 10.1. The van der Waals surface area contributed by atoms with E-state index in [9.17, 15) is 0 Å². The van der Waals surface area contributed by atoms with Gasteiger partial charge in [0.1, 0.15) is 0 Å². The van der Waals surface area contributed by atoms with Crippen LogP contribution in [-0.4, -0.2) is 19.1 Å². The van der Waals surface area contributed by atoms with Gasteiger partial charge in [-0.1, -0.05) is 43.2 Å². The van der Waals surface area contributed by atoms with Crippen molar-refractivity contribution < 1.29 is 0 Å². The monoisotopic (exact) mass is 200 g/mol. The van der Waals surface area contributed by atoms with Crippen LogP contribution in [0, 0.1) is 0 Å². The average molecular weight is 200 g/mol. The van der Waals surface area contributed by atoms with E-state index in [-0.39, 0.29) is 0 Å². The minimum absolute atomic E-state index is 0.374. The van der Waals surface area contributed by atoms with Gasteiger partial charge in [0.05, 0.1) is 0 Å². The van der Waals surface area contributed by atoms with Crippen molar-refractivity contribution in [2.45, 2.75) is 37.8 Å². The van der Waals surface area contributed by atoms with Crippen LogP contribution in [0.4, 0.5) is 0 Å². The molecule has 2 atom stereocenters. The Kier molecular flexibility index (Phi) is 2.51. The lowest BCUT2D eigenvalue weighted by molar-refractivity contribution is 0.374. The van der Waals surface area contributed by atoms with E-state index < -0.39 is 0 Å². The maximum atomic E-state index is 3.70. The molecule has 1 aromatic carbocycles. The van der Waals surface area contributed by atoms with E-state index in [0.29, 0.717) is 19.1 Å². The molecule has 78 valence electrons. The summed E-state index contributed by atoms with van der Waals surface area (Å²) in [4.78, 5) is 0. The summed E-state index contributed by atoms with van der Waals surface area (Å²) < 4.78 is 0. The lowest BCUT2D eigenvalue weighted by Gasteiger charge is -2.24. The first-order chi connectivity index (χ1) is 7.43. The lowest BCUT2D eigenvalue weighted by atomic mass is 9.69. The van der Waals surface area contributed by atoms with Gasteiger partial charge in [0.2, 0.25) is 0 Å². The molecule has 0 bridgehead atoms. The summed E-state index contributed by atoms with van der Waals surface area (Å²) >= 11 is 0. The summed E-state index contributed by atoms with van der Waals surface area (Å²) in [5.41, 5.74) is 1.37. The normalized spacial score (nSPS) is 30.3. The quantitative estimate of drug-likeness (QED) is 0.657. The maximum absolute atomic E-state index is 3.70. The molecule has 1 heterocycles. The molecule has 0 radical (unpaired) electrons. The number of hydrogen-bond acceptors (Lipinski definition) is 2. The fourth-order valence-electron chi connectivity index (χ4n) is 2.84. The Morgan fingerprint density at radius 2 is 1.53 bits per heavy atom. The molecule has 15 heavy (non-hydrogen) atoms. The number of benzene rings is 1. The minimum atomic E-state index is 0.374. The largest absolute Gasteiger partial charge is 0.341 e. The van der Waals surface area contributed by atoms with E-state index in [1.807, 2.05) is 0 Å². The summed E-state index contributed by atoms with van der Waals surface area (Å²) in [6.45, 7) is 0.374. The first-order valence-electron chi connectivity index (χ1n) is 6.00. The van der Waals surface area contributed by atoms with Gasteiger partial charge in [0, 0.05) is 12.1 Å². The molecule has 0 aromatic heterocycles. The van der Waals surface area contributed by atoms with E-state index in [0.717, 1.165) is 0 Å². The Bertz CT molecular complexity index is 314. The van der Waals surface area contributed by atoms with Crippen molar-refractivity contribution in [2.24, 2.45) is 0 Å². The van der Waals surface area contributed by atoms with Crippen molar-refractivity contribution in [1.29, 1.82) is 0 Å². The van der Waals surface area contributed by atoms with Gasteiger partial charge in [-0.15, -0.1) is 0 Å². The molecule has 2 N–H and O–H groups in total. The van der Waals surface area contributed by atoms with Crippen LogP contribution in [0.15, 0.2) is 30.3 Å². The van der Waals surface area contributed by atoms with Crippen LogP contribution in [0.5, 0.6) is 0 Å². The van der Waals surface area contributed by atoms with E-state index in [1.165, 1.54) is 31.1 Å². The Hall–Kier alpha value is -0.795. The molecule has 0 spiro atoms. The second-order valence-electron chi connectivity index (χ2n) is 4.67. The zero-order valence-electron chi connectivity index (χ0n) is 8.95. The van der Waals surface area contributed by atoms with Gasteiger partial charge in [-0.2, -0.15) is 0 Å². The van der Waals surface area contributed by atoms with Gasteiger partial charge in [-0.25, -0.2) is 0 Å². The molecule has 3 heteroatoms. The molecule has 1 saturated heterocycles. The van der Waals surface area contributed by atoms with Crippen molar-refractivity contribution >= 4 is 12.4 Å². The standard InChI is InChI=1S/C12H17BN2/c1-2-6-10(7-3-1)13-14-11-8-4-5-9-12(11)15-13/h1-3,6-7,11-12,14-15H,4-5,8-9H2/t11-,12-/m0/s1. The minimum Gasteiger partial charge on any atom is -0.334 e. The summed E-state index contributed by atoms with van der Waals surface area (Å²) in [6, 6.07) is 12.1. The van der Waals surface area contributed by atoms with E-state index in [1.54, 1.807) is 0 Å². The molecule has 0 unspecified atom stereocenters. The molecule has 1 aliphatic heterocycles. The number of nitrogens with one attached hydrogen (secondary N) is 2. The van der Waals surface area contributed by atoms with Crippen LogP contribution in [0.1, 0.15) is 25.7 Å². The highest BCUT2D eigenvalue weighted by atomic mass is 15.1. The van der Waals surface area contributed by atoms with Gasteiger partial charge in [-0.3, -0.25) is 0 Å². The number of fused-ring (bicyclic) bond motifs is 1. The van der Waals surface area contributed by atoms with Gasteiger partial charge < -0.3 is 10.5 Å². The molecular weight excluding hydrogens is 183 g/mol. The third-order valence-electron chi connectivity index (χ3n) is 3.66. The molecule has 0 amide bonds. The molecule has 2 nitrogen and oxygen atoms in total. The third-order valence-corrected chi connectivity index (χ3v) is 3.66. The van der Waals surface area contributed by atoms with Gasteiger partial charge in [0.15, 0.2) is 0 Å². The predicted molar refractivity (Wildman–Crippen MR) is 64.1 cm³/mol. The average Bonchev–Trinajstić information content (AvgIpc) is 2.74. The second kappa shape index (κ2) is 3.99. The lowest BCUT2D eigenvalue weighted by Crippen LogP contribution is -2.49. The molecule has 3 rings (SSSR count). The van der Waals surface area contributed by atoms with Crippen LogP contribution in [0.3, 0.4) is 0 Å². The van der Waals surface area contributed by atoms with Crippen molar-refractivity contribution in [3.8, 4) is 0 Å². The number of hydrogen-bond donors (Lipinski definition) is 2. The maximum Gasteiger partial charge on any atom is 0.341 e. The van der Waals surface area contributed by atoms with Crippen LogP contribution >= 0.6 is 0 Å². The molecule has 1 saturated carbocycles. The first kappa shape index (κ1) is 9.43. The Morgan fingerprint density at radius 3 is 2.13 bits per heavy atom. The second-order valence-corrected chi connectivity index (χ2v) is 4.67. The fourth-order valence-corrected chi connectivity index (χ4v) is 2.84. The van der Waals surface area contributed by atoms with Gasteiger partial charge in [0.25, 0.3) is 0 Å². The van der Waals surface area contributed by atoms with Crippen molar-refractivity contribution in [2.75, 3.05) is 0 Å². The fraction of sp³-hybridized carbons (Fsp3) is 0.500.